The van der Waals surface area contributed by atoms with Crippen LogP contribution in [-0.2, 0) is 4.74 Å². The highest BCUT2D eigenvalue weighted by Crippen LogP contribution is 2.19. The van der Waals surface area contributed by atoms with E-state index in [1.54, 1.807) is 31.4 Å². The van der Waals surface area contributed by atoms with Gasteiger partial charge in [-0.25, -0.2) is 0 Å². The minimum Gasteiger partial charge on any atom is -0.497 e. The highest BCUT2D eigenvalue weighted by molar-refractivity contribution is 5.99. The van der Waals surface area contributed by atoms with Crippen LogP contribution < -0.4 is 15.8 Å². The Morgan fingerprint density at radius 3 is 2.95 bits per heavy atom. The summed E-state index contributed by atoms with van der Waals surface area (Å²) in [6.45, 7) is 5.11. The normalized spacial score (nSPS) is 9.95. The van der Waals surface area contributed by atoms with Crippen molar-refractivity contribution in [3.05, 3.63) is 36.4 Å². The number of nitrogens with one attached hydrogen (secondary N) is 1. The van der Waals surface area contributed by atoms with E-state index < -0.39 is 0 Å². The average molecular weight is 264 g/mol. The van der Waals surface area contributed by atoms with E-state index in [-0.39, 0.29) is 5.91 Å². The van der Waals surface area contributed by atoms with E-state index in [1.807, 2.05) is 0 Å². The standard InChI is InChI=1S/C14H20N2O3/c1-3-4-8-19-9-7-16-14(17)12-10-11(18-2)5-6-13(12)15/h3,5-6,10H,1,4,7-9,15H2,2H3,(H,16,17). The zero-order chi connectivity index (χ0) is 14.1. The lowest BCUT2D eigenvalue weighted by Crippen LogP contribution is -2.28. The lowest BCUT2D eigenvalue weighted by atomic mass is 10.1. The molecular formula is C14H20N2O3. The molecule has 0 atom stereocenters. The summed E-state index contributed by atoms with van der Waals surface area (Å²) in [6, 6.07) is 4.97. The lowest BCUT2D eigenvalue weighted by Gasteiger charge is -2.09. The second-order valence-corrected chi connectivity index (χ2v) is 3.90. The third-order valence-corrected chi connectivity index (χ3v) is 2.50. The number of carbonyl (C=O) groups is 1. The molecule has 0 bridgehead atoms. The largest absolute Gasteiger partial charge is 0.497 e. The van der Waals surface area contributed by atoms with Crippen LogP contribution in [0.2, 0.25) is 0 Å². The van der Waals surface area contributed by atoms with Crippen LogP contribution in [-0.4, -0.2) is 32.8 Å². The van der Waals surface area contributed by atoms with E-state index >= 15 is 0 Å². The molecule has 1 aromatic carbocycles. The number of rotatable bonds is 8. The van der Waals surface area contributed by atoms with E-state index in [9.17, 15) is 4.79 Å². The topological polar surface area (TPSA) is 73.6 Å². The van der Waals surface area contributed by atoms with Gasteiger partial charge in [0.1, 0.15) is 5.75 Å². The van der Waals surface area contributed by atoms with E-state index in [2.05, 4.69) is 11.9 Å². The lowest BCUT2D eigenvalue weighted by molar-refractivity contribution is 0.0918. The van der Waals surface area contributed by atoms with Crippen molar-refractivity contribution >= 4 is 11.6 Å². The maximum Gasteiger partial charge on any atom is 0.253 e. The monoisotopic (exact) mass is 264 g/mol. The summed E-state index contributed by atoms with van der Waals surface area (Å²) in [6.07, 6.45) is 2.59. The van der Waals surface area contributed by atoms with Crippen molar-refractivity contribution < 1.29 is 14.3 Å². The van der Waals surface area contributed by atoms with Gasteiger partial charge in [-0.2, -0.15) is 0 Å². The molecule has 0 aliphatic carbocycles. The maximum atomic E-state index is 11.9. The van der Waals surface area contributed by atoms with E-state index in [0.29, 0.717) is 36.8 Å². The minimum atomic E-state index is -0.233. The Labute approximate surface area is 113 Å². The van der Waals surface area contributed by atoms with Gasteiger partial charge in [0.2, 0.25) is 0 Å². The molecule has 0 fully saturated rings. The predicted molar refractivity (Wildman–Crippen MR) is 75.4 cm³/mol. The zero-order valence-corrected chi connectivity index (χ0v) is 11.1. The van der Waals surface area contributed by atoms with Gasteiger partial charge in [0.25, 0.3) is 5.91 Å². The maximum absolute atomic E-state index is 11.9. The molecule has 0 saturated carbocycles. The third-order valence-electron chi connectivity index (χ3n) is 2.50. The molecule has 0 saturated heterocycles. The number of amides is 1. The van der Waals surface area contributed by atoms with Crippen molar-refractivity contribution in [1.82, 2.24) is 5.32 Å². The summed E-state index contributed by atoms with van der Waals surface area (Å²) < 4.78 is 10.4. The molecule has 0 unspecified atom stereocenters. The highest BCUT2D eigenvalue weighted by Gasteiger charge is 2.10. The molecule has 19 heavy (non-hydrogen) atoms. The predicted octanol–water partition coefficient (Wildman–Crippen LogP) is 1.60. The van der Waals surface area contributed by atoms with Gasteiger partial charge in [0, 0.05) is 12.2 Å². The molecule has 0 aliphatic heterocycles. The molecule has 0 heterocycles. The van der Waals surface area contributed by atoms with Crippen molar-refractivity contribution in [3.8, 4) is 5.75 Å². The molecule has 1 aromatic rings. The molecule has 0 aliphatic rings. The SMILES string of the molecule is C=CCCOCCNC(=O)c1cc(OC)ccc1N. The number of hydrogen-bond acceptors (Lipinski definition) is 4. The first-order valence-corrected chi connectivity index (χ1v) is 6.09. The molecule has 3 N–H and O–H groups in total. The van der Waals surface area contributed by atoms with Crippen LogP contribution in [0.1, 0.15) is 16.8 Å². The molecule has 0 aromatic heterocycles. The first-order valence-electron chi connectivity index (χ1n) is 6.09. The number of anilines is 1. The average Bonchev–Trinajstić information content (AvgIpc) is 2.43. The van der Waals surface area contributed by atoms with Crippen LogP contribution in [0.4, 0.5) is 5.69 Å². The third kappa shape index (κ3) is 5.01. The first-order chi connectivity index (χ1) is 9.19. The van der Waals surface area contributed by atoms with Crippen LogP contribution in [0.5, 0.6) is 5.75 Å². The fourth-order valence-electron chi connectivity index (χ4n) is 1.46. The van der Waals surface area contributed by atoms with Crippen LogP contribution in [0.25, 0.3) is 0 Å². The summed E-state index contributed by atoms with van der Waals surface area (Å²) in [7, 11) is 1.54. The van der Waals surface area contributed by atoms with Crippen molar-refractivity contribution in [2.45, 2.75) is 6.42 Å². The van der Waals surface area contributed by atoms with E-state index in [0.717, 1.165) is 6.42 Å². The molecular weight excluding hydrogens is 244 g/mol. The second kappa shape index (κ2) is 8.16. The van der Waals surface area contributed by atoms with Gasteiger partial charge in [-0.3, -0.25) is 4.79 Å². The summed E-state index contributed by atoms with van der Waals surface area (Å²) in [4.78, 5) is 11.9. The molecule has 1 amide bonds. The molecule has 5 nitrogen and oxygen atoms in total. The van der Waals surface area contributed by atoms with Crippen molar-refractivity contribution in [3.63, 3.8) is 0 Å². The van der Waals surface area contributed by atoms with Crippen molar-refractivity contribution in [1.29, 1.82) is 0 Å². The summed E-state index contributed by atoms with van der Waals surface area (Å²) in [5, 5.41) is 2.74. The van der Waals surface area contributed by atoms with Gasteiger partial charge < -0.3 is 20.5 Å². The van der Waals surface area contributed by atoms with Crippen molar-refractivity contribution in [2.75, 3.05) is 32.6 Å². The van der Waals surface area contributed by atoms with Gasteiger partial charge in [0.05, 0.1) is 25.9 Å². The van der Waals surface area contributed by atoms with Gasteiger partial charge >= 0.3 is 0 Å². The van der Waals surface area contributed by atoms with Gasteiger partial charge in [-0.1, -0.05) is 6.08 Å². The quantitative estimate of drug-likeness (QED) is 0.425. The Morgan fingerprint density at radius 1 is 1.47 bits per heavy atom. The van der Waals surface area contributed by atoms with Crippen LogP contribution in [0.3, 0.4) is 0 Å². The smallest absolute Gasteiger partial charge is 0.253 e. The number of carbonyl (C=O) groups excluding carboxylic acids is 1. The Kier molecular flexibility index (Phi) is 6.46. The summed E-state index contributed by atoms with van der Waals surface area (Å²) in [5.74, 6) is 0.366. The Bertz CT molecular complexity index is 433. The molecule has 0 spiro atoms. The molecule has 104 valence electrons. The number of ether oxygens (including phenoxy) is 2. The molecule has 1 rings (SSSR count). The second-order valence-electron chi connectivity index (χ2n) is 3.90. The van der Waals surface area contributed by atoms with Crippen molar-refractivity contribution in [2.24, 2.45) is 0 Å². The number of methoxy groups -OCH3 is 1. The number of benzene rings is 1. The zero-order valence-electron chi connectivity index (χ0n) is 11.1. The van der Waals surface area contributed by atoms with Crippen LogP contribution in [0.15, 0.2) is 30.9 Å². The van der Waals surface area contributed by atoms with E-state index in [1.165, 1.54) is 0 Å². The number of nitrogen functional groups attached to an aromatic ring is 1. The first kappa shape index (κ1) is 15.0. The molecule has 5 heteroatoms. The van der Waals surface area contributed by atoms with Crippen LogP contribution >= 0.6 is 0 Å². The Morgan fingerprint density at radius 2 is 2.26 bits per heavy atom. The number of nitrogens with two attached hydrogens (primary N) is 1. The Hall–Kier alpha value is -2.01. The van der Waals surface area contributed by atoms with E-state index in [4.69, 9.17) is 15.2 Å². The fraction of sp³-hybridized carbons (Fsp3) is 0.357. The summed E-state index contributed by atoms with van der Waals surface area (Å²) in [5.41, 5.74) is 6.59. The fourth-order valence-corrected chi connectivity index (χ4v) is 1.46. The molecule has 0 radical (unpaired) electrons. The highest BCUT2D eigenvalue weighted by atomic mass is 16.5. The summed E-state index contributed by atoms with van der Waals surface area (Å²) >= 11 is 0. The Balaban J connectivity index is 2.42. The van der Waals surface area contributed by atoms with Gasteiger partial charge in [-0.05, 0) is 24.6 Å². The number of hydrogen-bond donors (Lipinski definition) is 2. The minimum absolute atomic E-state index is 0.233. The van der Waals surface area contributed by atoms with Gasteiger partial charge in [0.15, 0.2) is 0 Å². The van der Waals surface area contributed by atoms with Crippen LogP contribution in [0, 0.1) is 0 Å². The van der Waals surface area contributed by atoms with Gasteiger partial charge in [-0.15, -0.1) is 6.58 Å².